The van der Waals surface area contributed by atoms with Gasteiger partial charge in [-0.3, -0.25) is 6.08 Å². The predicted octanol–water partition coefficient (Wildman–Crippen LogP) is 2.37. The molecule has 0 heterocycles. The molecule has 0 spiro atoms. The van der Waals surface area contributed by atoms with E-state index in [1.165, 1.54) is 44.5 Å². The fraction of sp³-hybridized carbons (Fsp3) is 0.467. The molecule has 4 rings (SSSR count). The molecule has 0 atom stereocenters. The van der Waals surface area contributed by atoms with Gasteiger partial charge < -0.3 is 24.8 Å². The molecular weight excluding hydrogens is 551 g/mol. The minimum Gasteiger partial charge on any atom is -1.00 e. The van der Waals surface area contributed by atoms with Crippen molar-refractivity contribution in [1.29, 1.82) is 0 Å². The Morgan fingerprint density at radius 1 is 0.853 bits per heavy atom. The van der Waals surface area contributed by atoms with E-state index < -0.39 is 0 Å². The summed E-state index contributed by atoms with van der Waals surface area (Å²) >= 11 is 1.74. The summed E-state index contributed by atoms with van der Waals surface area (Å²) in [5.41, 5.74) is 11.8. The zero-order valence-corrected chi connectivity index (χ0v) is 27.6. The molecule has 0 amide bonds. The summed E-state index contributed by atoms with van der Waals surface area (Å²) in [6.07, 6.45) is 11.0. The monoisotopic (exact) mass is 588 g/mol. The van der Waals surface area contributed by atoms with Crippen LogP contribution in [0.25, 0.3) is 11.1 Å². The Balaban J connectivity index is 0.000000840. The van der Waals surface area contributed by atoms with E-state index in [-0.39, 0.29) is 41.1 Å². The molecule has 184 valence electrons. The van der Waals surface area contributed by atoms with Crippen molar-refractivity contribution in [3.63, 3.8) is 0 Å². The molecule has 4 heteroatoms. The largest absolute Gasteiger partial charge is 1.00 e. The number of halogens is 2. The maximum Gasteiger partial charge on any atom is -0.0129 e. The average molecular weight is 591 g/mol. The second-order valence-electron chi connectivity index (χ2n) is 11.2. The average Bonchev–Trinajstić information content (AvgIpc) is 3.28. The normalized spacial score (nSPS) is 12.8. The van der Waals surface area contributed by atoms with Crippen molar-refractivity contribution in [1.82, 2.24) is 0 Å². The molecule has 0 radical (unpaired) electrons. The number of fused-ring (bicyclic) bond motifs is 3. The van der Waals surface area contributed by atoms with Crippen LogP contribution in [0.4, 0.5) is 0 Å². The minimum atomic E-state index is 0. The van der Waals surface area contributed by atoms with Gasteiger partial charge in [-0.15, -0.1) is 23.1 Å². The van der Waals surface area contributed by atoms with E-state index in [2.05, 4.69) is 105 Å². The summed E-state index contributed by atoms with van der Waals surface area (Å²) in [5, 5.41) is 0. The van der Waals surface area contributed by atoms with Crippen LogP contribution in [0.1, 0.15) is 81.3 Å². The zero-order valence-electron chi connectivity index (χ0n) is 22.6. The molecule has 2 aliphatic rings. The van der Waals surface area contributed by atoms with Crippen LogP contribution in [0.15, 0.2) is 36.4 Å². The van der Waals surface area contributed by atoms with E-state index in [0.717, 1.165) is 12.8 Å². The van der Waals surface area contributed by atoms with Gasteiger partial charge in [-0.25, -0.2) is 12.2 Å². The number of aryl methyl sites for hydroxylation is 2. The van der Waals surface area contributed by atoms with Crippen LogP contribution in [-0.2, 0) is 40.6 Å². The summed E-state index contributed by atoms with van der Waals surface area (Å²) in [4.78, 5) is 0. The summed E-state index contributed by atoms with van der Waals surface area (Å²) in [5.74, 6) is 0. The first-order valence-electron chi connectivity index (χ1n) is 11.7. The maximum atomic E-state index is 3.69. The molecule has 0 bridgehead atoms. The fourth-order valence-electron chi connectivity index (χ4n) is 4.36. The number of benzene rings is 2. The maximum absolute atomic E-state index is 3.69. The number of rotatable bonds is 0. The summed E-state index contributed by atoms with van der Waals surface area (Å²) < 4.78 is 0. The first kappa shape index (κ1) is 33.6. The van der Waals surface area contributed by atoms with Crippen LogP contribution in [0.3, 0.4) is 0 Å². The van der Waals surface area contributed by atoms with Gasteiger partial charge in [0.05, 0.1) is 0 Å². The number of hydrogen-bond donors (Lipinski definition) is 0. The molecular formula is C30H40Cl2SiZr-2. The van der Waals surface area contributed by atoms with E-state index in [0.29, 0.717) is 0 Å². The summed E-state index contributed by atoms with van der Waals surface area (Å²) in [7, 11) is 0. The van der Waals surface area contributed by atoms with Crippen molar-refractivity contribution in [2.75, 3.05) is 0 Å². The Morgan fingerprint density at radius 3 is 1.79 bits per heavy atom. The molecule has 0 aliphatic heterocycles. The third-order valence-corrected chi connectivity index (χ3v) is 5.67. The smallest absolute Gasteiger partial charge is 0.0129 e. The van der Waals surface area contributed by atoms with Crippen LogP contribution in [0, 0.1) is 26.0 Å². The molecule has 34 heavy (non-hydrogen) atoms. The number of hydrogen-bond acceptors (Lipinski definition) is 0. The van der Waals surface area contributed by atoms with Crippen molar-refractivity contribution in [3.05, 3.63) is 82.0 Å². The van der Waals surface area contributed by atoms with Gasteiger partial charge in [0.1, 0.15) is 0 Å². The fourth-order valence-corrected chi connectivity index (χ4v) is 4.36. The van der Waals surface area contributed by atoms with Crippen LogP contribution in [0.5, 0.6) is 0 Å². The van der Waals surface area contributed by atoms with E-state index in [1.54, 1.807) is 23.3 Å². The van der Waals surface area contributed by atoms with Gasteiger partial charge in [0.2, 0.25) is 0 Å². The van der Waals surface area contributed by atoms with E-state index >= 15 is 0 Å². The standard InChI is InChI=1S/C23H29.C5H5.C2H6Si.2ClH.Zr/c1-14-9-16-11-17-10-15(2)21(23(6,7)8)13-19(17)18(16)12-20(14)22(3,4)5;1-2-4-5-3-1;1-3-2;;;/h9,12-13H,11H2,1-8H3;1-3H,4H2;1-2H3;2*1H;/q2*-1;;;;+2/p-2. The zero-order chi connectivity index (χ0) is 24.3. The molecule has 0 saturated heterocycles. The SMILES string of the molecule is C[Si](C)=[Zr+2].Cc1[c-]c2c(cc1C(C)(C)C)-c1cc(C(C)(C)C)c(C)cc1C2.[C-]1=CC=CC1.[Cl-].[Cl-]. The minimum absolute atomic E-state index is 0. The first-order chi connectivity index (χ1) is 14.7. The molecule has 0 saturated carbocycles. The molecule has 0 fully saturated rings. The van der Waals surface area contributed by atoms with Crippen LogP contribution < -0.4 is 24.8 Å². The van der Waals surface area contributed by atoms with Crippen molar-refractivity contribution in [3.8, 4) is 11.1 Å². The Hall–Kier alpha value is -0.400. The predicted molar refractivity (Wildman–Crippen MR) is 139 cm³/mol. The second-order valence-corrected chi connectivity index (χ2v) is 20.6. The van der Waals surface area contributed by atoms with Gasteiger partial charge in [0, 0.05) is 0 Å². The van der Waals surface area contributed by atoms with Crippen molar-refractivity contribution in [2.45, 2.75) is 92.2 Å². The quantitative estimate of drug-likeness (QED) is 0.279. The Morgan fingerprint density at radius 2 is 1.38 bits per heavy atom. The summed E-state index contributed by atoms with van der Waals surface area (Å²) in [6.45, 7) is 22.9. The molecule has 2 aromatic rings. The van der Waals surface area contributed by atoms with Gasteiger partial charge in [-0.05, 0) is 35.4 Å². The second kappa shape index (κ2) is 13.8. The molecule has 0 N–H and O–H groups in total. The van der Waals surface area contributed by atoms with Crippen molar-refractivity contribution >= 4 is 5.43 Å². The molecule has 2 aliphatic carbocycles. The topological polar surface area (TPSA) is 0 Å². The molecule has 0 aromatic heterocycles. The van der Waals surface area contributed by atoms with E-state index in [4.69, 9.17) is 0 Å². The van der Waals surface area contributed by atoms with Crippen LogP contribution in [0.2, 0.25) is 13.1 Å². The van der Waals surface area contributed by atoms with E-state index in [1.807, 2.05) is 12.2 Å². The van der Waals surface area contributed by atoms with Crippen LogP contribution in [-0.4, -0.2) is 5.43 Å². The van der Waals surface area contributed by atoms with E-state index in [9.17, 15) is 0 Å². The third-order valence-electron chi connectivity index (χ3n) is 5.67. The van der Waals surface area contributed by atoms with Crippen LogP contribution >= 0.6 is 0 Å². The molecule has 2 aromatic carbocycles. The van der Waals surface area contributed by atoms with Gasteiger partial charge in [-0.2, -0.15) is 23.8 Å². The Bertz CT molecular complexity index is 969. The first-order valence-corrected chi connectivity index (χ1v) is 17.8. The molecule has 0 nitrogen and oxygen atoms in total. The molecule has 0 unspecified atom stereocenters. The van der Waals surface area contributed by atoms with Gasteiger partial charge >= 0.3 is 41.9 Å². The Labute approximate surface area is 237 Å². The van der Waals surface area contributed by atoms with Gasteiger partial charge in [-0.1, -0.05) is 71.6 Å². The number of allylic oxidation sites excluding steroid dienone is 4. The van der Waals surface area contributed by atoms with Crippen molar-refractivity contribution < 1.29 is 48.1 Å². The van der Waals surface area contributed by atoms with Gasteiger partial charge in [0.25, 0.3) is 0 Å². The van der Waals surface area contributed by atoms with Crippen molar-refractivity contribution in [2.24, 2.45) is 0 Å². The van der Waals surface area contributed by atoms with Gasteiger partial charge in [0.15, 0.2) is 0 Å². The summed E-state index contributed by atoms with van der Waals surface area (Å²) in [6, 6.07) is 10.9. The Kier molecular flexibility index (Phi) is 13.6. The third kappa shape index (κ3) is 9.24.